The van der Waals surface area contributed by atoms with Gasteiger partial charge in [0.15, 0.2) is 0 Å². The molecule has 1 aromatic carbocycles. The lowest BCUT2D eigenvalue weighted by molar-refractivity contribution is 0.0938. The van der Waals surface area contributed by atoms with Crippen molar-refractivity contribution < 1.29 is 4.79 Å². The smallest absolute Gasteiger partial charge is 0.251 e. The van der Waals surface area contributed by atoms with Crippen molar-refractivity contribution in [1.82, 2.24) is 5.32 Å². The summed E-state index contributed by atoms with van der Waals surface area (Å²) in [5, 5.41) is 3.76. The zero-order valence-corrected chi connectivity index (χ0v) is 10.9. The first-order valence-corrected chi connectivity index (χ1v) is 6.06. The van der Waals surface area contributed by atoms with Gasteiger partial charge in [-0.1, -0.05) is 36.5 Å². The minimum atomic E-state index is -0.112. The van der Waals surface area contributed by atoms with Gasteiger partial charge in [-0.05, 0) is 31.5 Å². The van der Waals surface area contributed by atoms with Crippen molar-refractivity contribution in [2.75, 3.05) is 0 Å². The van der Waals surface area contributed by atoms with Crippen molar-refractivity contribution in [3.8, 4) is 0 Å². The van der Waals surface area contributed by atoms with Crippen LogP contribution in [0.5, 0.6) is 0 Å². The van der Waals surface area contributed by atoms with Gasteiger partial charge < -0.3 is 5.32 Å². The highest BCUT2D eigenvalue weighted by atomic mass is 35.5. The van der Waals surface area contributed by atoms with Gasteiger partial charge in [0.1, 0.15) is 0 Å². The normalized spacial score (nSPS) is 12.2. The van der Waals surface area contributed by atoms with Crippen molar-refractivity contribution in [3.05, 3.63) is 33.8 Å². The number of benzene rings is 1. The molecule has 1 aromatic rings. The highest BCUT2D eigenvalue weighted by Crippen LogP contribution is 2.22. The molecule has 88 valence electrons. The Labute approximate surface area is 106 Å². The Hall–Kier alpha value is -0.730. The number of carbonyl (C=O) groups excluding carboxylic acids is 1. The first-order chi connectivity index (χ1) is 7.54. The number of nitrogens with one attached hydrogen (secondary N) is 1. The average molecular weight is 260 g/mol. The quantitative estimate of drug-likeness (QED) is 0.873. The van der Waals surface area contributed by atoms with Crippen LogP contribution in [0.4, 0.5) is 0 Å². The van der Waals surface area contributed by atoms with Crippen LogP contribution in [0, 0.1) is 0 Å². The number of hydrogen-bond donors (Lipinski definition) is 1. The van der Waals surface area contributed by atoms with Crippen LogP contribution in [-0.2, 0) is 0 Å². The second-order valence-corrected chi connectivity index (χ2v) is 4.61. The van der Waals surface area contributed by atoms with Gasteiger partial charge in [-0.2, -0.15) is 0 Å². The molecule has 0 fully saturated rings. The molecule has 0 bridgehead atoms. The van der Waals surface area contributed by atoms with E-state index < -0.39 is 0 Å². The monoisotopic (exact) mass is 259 g/mol. The molecule has 1 N–H and O–H groups in total. The fraction of sp³-hybridized carbons (Fsp3) is 0.417. The van der Waals surface area contributed by atoms with Gasteiger partial charge in [-0.25, -0.2) is 0 Å². The third-order valence-electron chi connectivity index (χ3n) is 2.28. The maximum Gasteiger partial charge on any atom is 0.251 e. The van der Waals surface area contributed by atoms with Crippen LogP contribution in [0.15, 0.2) is 18.2 Å². The molecule has 4 heteroatoms. The Kier molecular flexibility index (Phi) is 5.10. The Morgan fingerprint density at radius 2 is 2.06 bits per heavy atom. The lowest BCUT2D eigenvalue weighted by atomic mass is 10.1. The van der Waals surface area contributed by atoms with Crippen LogP contribution in [0.1, 0.15) is 37.0 Å². The van der Waals surface area contributed by atoms with E-state index in [2.05, 4.69) is 12.2 Å². The molecule has 0 aliphatic heterocycles. The van der Waals surface area contributed by atoms with Gasteiger partial charge >= 0.3 is 0 Å². The fourth-order valence-electron chi connectivity index (χ4n) is 1.45. The molecule has 16 heavy (non-hydrogen) atoms. The van der Waals surface area contributed by atoms with Gasteiger partial charge in [0.05, 0.1) is 10.0 Å². The molecule has 0 saturated carbocycles. The van der Waals surface area contributed by atoms with Crippen molar-refractivity contribution >= 4 is 29.1 Å². The highest BCUT2D eigenvalue weighted by molar-refractivity contribution is 6.42. The zero-order valence-electron chi connectivity index (χ0n) is 9.39. The second-order valence-electron chi connectivity index (χ2n) is 3.79. The largest absolute Gasteiger partial charge is 0.350 e. The van der Waals surface area contributed by atoms with Gasteiger partial charge in [-0.15, -0.1) is 0 Å². The van der Waals surface area contributed by atoms with E-state index in [1.165, 1.54) is 0 Å². The third kappa shape index (κ3) is 3.69. The summed E-state index contributed by atoms with van der Waals surface area (Å²) in [6, 6.07) is 5.05. The highest BCUT2D eigenvalue weighted by Gasteiger charge is 2.10. The summed E-state index contributed by atoms with van der Waals surface area (Å²) in [6.45, 7) is 4.07. The predicted octanol–water partition coefficient (Wildman–Crippen LogP) is 3.91. The van der Waals surface area contributed by atoms with Crippen LogP contribution >= 0.6 is 23.2 Å². The Morgan fingerprint density at radius 3 is 2.62 bits per heavy atom. The third-order valence-corrected chi connectivity index (χ3v) is 3.02. The van der Waals surface area contributed by atoms with E-state index in [-0.39, 0.29) is 11.9 Å². The predicted molar refractivity (Wildman–Crippen MR) is 68.3 cm³/mol. The Morgan fingerprint density at radius 1 is 1.38 bits per heavy atom. The topological polar surface area (TPSA) is 29.1 Å². The first kappa shape index (κ1) is 13.3. The van der Waals surface area contributed by atoms with E-state index >= 15 is 0 Å². The van der Waals surface area contributed by atoms with Gasteiger partial charge in [0.25, 0.3) is 5.91 Å². The molecule has 0 spiro atoms. The molecule has 0 heterocycles. The lowest BCUT2D eigenvalue weighted by Gasteiger charge is -2.12. The van der Waals surface area contributed by atoms with Crippen molar-refractivity contribution in [3.63, 3.8) is 0 Å². The van der Waals surface area contributed by atoms with Crippen LogP contribution in [0.25, 0.3) is 0 Å². The lowest BCUT2D eigenvalue weighted by Crippen LogP contribution is -2.32. The van der Waals surface area contributed by atoms with E-state index in [1.54, 1.807) is 18.2 Å². The number of rotatable bonds is 4. The molecule has 1 amide bonds. The molecule has 2 nitrogen and oxygen atoms in total. The molecule has 0 aliphatic rings. The molecule has 0 aliphatic carbocycles. The fourth-order valence-corrected chi connectivity index (χ4v) is 1.75. The minimum absolute atomic E-state index is 0.112. The second kappa shape index (κ2) is 6.12. The number of carbonyl (C=O) groups is 1. The standard InChI is InChI=1S/C12H15Cl2NO/c1-3-4-8(2)15-12(16)9-5-6-10(13)11(14)7-9/h5-8H,3-4H2,1-2H3,(H,15,16)/t8-/m0/s1. The van der Waals surface area contributed by atoms with Crippen LogP contribution in [-0.4, -0.2) is 11.9 Å². The van der Waals surface area contributed by atoms with E-state index in [0.717, 1.165) is 12.8 Å². The summed E-state index contributed by atoms with van der Waals surface area (Å²) < 4.78 is 0. The minimum Gasteiger partial charge on any atom is -0.350 e. The molecule has 0 unspecified atom stereocenters. The molecular weight excluding hydrogens is 245 g/mol. The van der Waals surface area contributed by atoms with Crippen LogP contribution < -0.4 is 5.32 Å². The first-order valence-electron chi connectivity index (χ1n) is 5.30. The van der Waals surface area contributed by atoms with Crippen molar-refractivity contribution in [2.45, 2.75) is 32.7 Å². The number of hydrogen-bond acceptors (Lipinski definition) is 1. The van der Waals surface area contributed by atoms with Gasteiger partial charge in [-0.3, -0.25) is 4.79 Å². The zero-order chi connectivity index (χ0) is 12.1. The maximum absolute atomic E-state index is 11.8. The molecular formula is C12H15Cl2NO. The molecule has 1 atom stereocenters. The Bertz CT molecular complexity index is 379. The number of halogens is 2. The summed E-state index contributed by atoms with van der Waals surface area (Å²) in [4.78, 5) is 11.8. The van der Waals surface area contributed by atoms with E-state index in [9.17, 15) is 4.79 Å². The van der Waals surface area contributed by atoms with Crippen molar-refractivity contribution in [2.24, 2.45) is 0 Å². The molecule has 1 rings (SSSR count). The van der Waals surface area contributed by atoms with Gasteiger partial charge in [0, 0.05) is 11.6 Å². The Balaban J connectivity index is 2.69. The summed E-state index contributed by atoms with van der Waals surface area (Å²) in [5.41, 5.74) is 0.539. The summed E-state index contributed by atoms with van der Waals surface area (Å²) >= 11 is 11.6. The average Bonchev–Trinajstić information content (AvgIpc) is 2.22. The molecule has 0 aromatic heterocycles. The van der Waals surface area contributed by atoms with Gasteiger partial charge in [0.2, 0.25) is 0 Å². The van der Waals surface area contributed by atoms with E-state index in [1.807, 2.05) is 6.92 Å². The summed E-state index contributed by atoms with van der Waals surface area (Å²) in [7, 11) is 0. The van der Waals surface area contributed by atoms with E-state index in [0.29, 0.717) is 15.6 Å². The SMILES string of the molecule is CCC[C@H](C)NC(=O)c1ccc(Cl)c(Cl)c1. The maximum atomic E-state index is 11.8. The van der Waals surface area contributed by atoms with Crippen LogP contribution in [0.3, 0.4) is 0 Å². The summed E-state index contributed by atoms with van der Waals surface area (Å²) in [6.07, 6.45) is 2.01. The summed E-state index contributed by atoms with van der Waals surface area (Å²) in [5.74, 6) is -0.112. The number of amides is 1. The van der Waals surface area contributed by atoms with E-state index in [4.69, 9.17) is 23.2 Å². The van der Waals surface area contributed by atoms with Crippen LogP contribution in [0.2, 0.25) is 10.0 Å². The molecule has 0 radical (unpaired) electrons. The molecule has 0 saturated heterocycles. The van der Waals surface area contributed by atoms with Crippen molar-refractivity contribution in [1.29, 1.82) is 0 Å².